The van der Waals surface area contributed by atoms with Gasteiger partial charge in [0.25, 0.3) is 5.56 Å². The van der Waals surface area contributed by atoms with Crippen molar-refractivity contribution in [3.8, 4) is 0 Å². The van der Waals surface area contributed by atoms with Crippen molar-refractivity contribution in [3.05, 3.63) is 50.9 Å². The molecule has 0 aliphatic heterocycles. The number of benzene rings is 1. The quantitative estimate of drug-likeness (QED) is 0.497. The average Bonchev–Trinajstić information content (AvgIpc) is 3.20. The van der Waals surface area contributed by atoms with Gasteiger partial charge in [0.2, 0.25) is 0 Å². The van der Waals surface area contributed by atoms with Crippen molar-refractivity contribution >= 4 is 34.0 Å². The predicted molar refractivity (Wildman–Crippen MR) is 106 cm³/mol. The molecule has 0 atom stereocenters. The Bertz CT molecular complexity index is 1200. The van der Waals surface area contributed by atoms with Crippen molar-refractivity contribution < 1.29 is 0 Å². The highest BCUT2D eigenvalue weighted by Gasteiger charge is 2.17. The van der Waals surface area contributed by atoms with Gasteiger partial charge in [0.05, 0.1) is 16.8 Å². The number of H-pyrrole nitrogens is 2. The van der Waals surface area contributed by atoms with Crippen LogP contribution >= 0.6 is 11.8 Å². The number of imidazole rings is 2. The molecule has 0 amide bonds. The van der Waals surface area contributed by atoms with Crippen LogP contribution in [-0.4, -0.2) is 29.1 Å². The number of thioether (sulfide) groups is 1. The molecular formula is C18H20N6O2S. The molecule has 27 heavy (non-hydrogen) atoms. The van der Waals surface area contributed by atoms with Gasteiger partial charge in [-0.3, -0.25) is 14.3 Å². The first kappa shape index (κ1) is 17.6. The standard InChI is InChI=1S/C18H20N6O2S/c1-3-4-9-24-15-14(16(25)22-18(24)26)23(2)13(21-15)10-27-17-19-11-7-5-6-8-12(11)20-17/h5-8H,3-4,9-10H2,1-2H3,(H,19,20)(H,22,25,26). The summed E-state index contributed by atoms with van der Waals surface area (Å²) < 4.78 is 3.31. The van der Waals surface area contributed by atoms with Crippen LogP contribution < -0.4 is 11.2 Å². The molecule has 4 rings (SSSR count). The molecule has 8 nitrogen and oxygen atoms in total. The highest BCUT2D eigenvalue weighted by molar-refractivity contribution is 7.98. The van der Waals surface area contributed by atoms with Crippen LogP contribution in [0.4, 0.5) is 0 Å². The highest BCUT2D eigenvalue weighted by Crippen LogP contribution is 2.23. The highest BCUT2D eigenvalue weighted by atomic mass is 32.2. The largest absolute Gasteiger partial charge is 0.333 e. The van der Waals surface area contributed by atoms with E-state index in [0.717, 1.165) is 34.9 Å². The van der Waals surface area contributed by atoms with Gasteiger partial charge in [-0.2, -0.15) is 0 Å². The number of unbranched alkanes of at least 4 members (excludes halogenated alkanes) is 1. The lowest BCUT2D eigenvalue weighted by molar-refractivity contribution is 0.613. The maximum absolute atomic E-state index is 12.3. The predicted octanol–water partition coefficient (Wildman–Crippen LogP) is 2.39. The third kappa shape index (κ3) is 3.18. The van der Waals surface area contributed by atoms with E-state index in [1.165, 1.54) is 11.8 Å². The van der Waals surface area contributed by atoms with E-state index in [2.05, 4.69) is 26.9 Å². The van der Waals surface area contributed by atoms with Crippen molar-refractivity contribution in [3.63, 3.8) is 0 Å². The lowest BCUT2D eigenvalue weighted by Crippen LogP contribution is -2.31. The molecule has 0 bridgehead atoms. The topological polar surface area (TPSA) is 101 Å². The number of nitrogens with one attached hydrogen (secondary N) is 2. The number of fused-ring (bicyclic) bond motifs is 2. The van der Waals surface area contributed by atoms with Crippen molar-refractivity contribution in [1.82, 2.24) is 29.1 Å². The molecule has 0 aliphatic carbocycles. The average molecular weight is 384 g/mol. The van der Waals surface area contributed by atoms with Crippen molar-refractivity contribution in [2.24, 2.45) is 7.05 Å². The number of para-hydroxylation sites is 2. The number of hydrogen-bond acceptors (Lipinski definition) is 5. The van der Waals surface area contributed by atoms with E-state index in [0.29, 0.717) is 23.5 Å². The number of aromatic amines is 2. The van der Waals surface area contributed by atoms with Gasteiger partial charge in [-0.05, 0) is 18.6 Å². The minimum Gasteiger partial charge on any atom is -0.333 e. The van der Waals surface area contributed by atoms with Crippen LogP contribution in [-0.2, 0) is 19.3 Å². The summed E-state index contributed by atoms with van der Waals surface area (Å²) in [6, 6.07) is 7.84. The van der Waals surface area contributed by atoms with Gasteiger partial charge in [0.15, 0.2) is 16.3 Å². The normalized spacial score (nSPS) is 11.6. The Kier molecular flexibility index (Phi) is 4.61. The van der Waals surface area contributed by atoms with Gasteiger partial charge >= 0.3 is 5.69 Å². The first-order chi connectivity index (χ1) is 13.1. The summed E-state index contributed by atoms with van der Waals surface area (Å²) in [4.78, 5) is 39.3. The molecule has 3 heterocycles. The fraction of sp³-hybridized carbons (Fsp3) is 0.333. The summed E-state index contributed by atoms with van der Waals surface area (Å²) >= 11 is 1.51. The van der Waals surface area contributed by atoms with E-state index in [-0.39, 0.29) is 0 Å². The molecule has 0 spiro atoms. The van der Waals surface area contributed by atoms with Crippen molar-refractivity contribution in [1.29, 1.82) is 0 Å². The Morgan fingerprint density at radius 2 is 1.96 bits per heavy atom. The Hall–Kier alpha value is -2.81. The first-order valence-corrected chi connectivity index (χ1v) is 9.83. The van der Waals surface area contributed by atoms with Crippen LogP contribution in [0.25, 0.3) is 22.2 Å². The minimum atomic E-state index is -0.407. The minimum absolute atomic E-state index is 0.405. The van der Waals surface area contributed by atoms with E-state index in [9.17, 15) is 9.59 Å². The van der Waals surface area contributed by atoms with Crippen LogP contribution in [0.5, 0.6) is 0 Å². The summed E-state index contributed by atoms with van der Waals surface area (Å²) in [5.74, 6) is 1.25. The first-order valence-electron chi connectivity index (χ1n) is 8.84. The molecule has 0 fully saturated rings. The summed E-state index contributed by atoms with van der Waals surface area (Å²) in [5, 5.41) is 0.792. The van der Waals surface area contributed by atoms with Crippen LogP contribution in [0.2, 0.25) is 0 Å². The van der Waals surface area contributed by atoms with Gasteiger partial charge in [0.1, 0.15) is 5.82 Å². The SMILES string of the molecule is CCCCn1c(=O)[nH]c(=O)c2c1nc(CSc1nc3ccccc3[nH]1)n2C. The van der Waals surface area contributed by atoms with E-state index in [1.807, 2.05) is 24.3 Å². The number of aryl methyl sites for hydroxylation is 2. The molecule has 0 saturated carbocycles. The second-order valence-corrected chi connectivity index (χ2v) is 7.34. The molecule has 0 radical (unpaired) electrons. The smallest absolute Gasteiger partial charge is 0.330 e. The number of nitrogens with zero attached hydrogens (tertiary/aromatic N) is 4. The Balaban J connectivity index is 1.69. The lowest BCUT2D eigenvalue weighted by atomic mass is 10.3. The maximum atomic E-state index is 12.3. The van der Waals surface area contributed by atoms with Gasteiger partial charge < -0.3 is 9.55 Å². The van der Waals surface area contributed by atoms with Crippen molar-refractivity contribution in [2.45, 2.75) is 37.2 Å². The fourth-order valence-corrected chi connectivity index (χ4v) is 3.94. The van der Waals surface area contributed by atoms with E-state index < -0.39 is 11.2 Å². The second kappa shape index (κ2) is 7.07. The third-order valence-electron chi connectivity index (χ3n) is 4.55. The molecule has 4 aromatic rings. The zero-order chi connectivity index (χ0) is 19.0. The van der Waals surface area contributed by atoms with E-state index in [1.54, 1.807) is 16.2 Å². The molecule has 140 valence electrons. The molecule has 0 unspecified atom stereocenters. The Morgan fingerprint density at radius 1 is 1.15 bits per heavy atom. The molecule has 3 aromatic heterocycles. The fourth-order valence-electron chi connectivity index (χ4n) is 3.07. The zero-order valence-electron chi connectivity index (χ0n) is 15.2. The summed E-state index contributed by atoms with van der Waals surface area (Å²) in [7, 11) is 1.80. The van der Waals surface area contributed by atoms with E-state index in [4.69, 9.17) is 0 Å². The number of aromatic nitrogens is 6. The summed E-state index contributed by atoms with van der Waals surface area (Å²) in [6.07, 6.45) is 1.80. The Labute approximate surface area is 158 Å². The zero-order valence-corrected chi connectivity index (χ0v) is 16.0. The van der Waals surface area contributed by atoms with E-state index >= 15 is 0 Å². The van der Waals surface area contributed by atoms with Gasteiger partial charge in [-0.1, -0.05) is 37.2 Å². The monoisotopic (exact) mass is 384 g/mol. The van der Waals surface area contributed by atoms with Crippen LogP contribution in [0.1, 0.15) is 25.6 Å². The maximum Gasteiger partial charge on any atom is 0.330 e. The van der Waals surface area contributed by atoms with Crippen LogP contribution in [0, 0.1) is 0 Å². The number of rotatable bonds is 6. The Morgan fingerprint density at radius 3 is 2.74 bits per heavy atom. The van der Waals surface area contributed by atoms with Crippen LogP contribution in [0.15, 0.2) is 39.0 Å². The molecule has 0 aliphatic rings. The second-order valence-electron chi connectivity index (χ2n) is 6.37. The molecule has 2 N–H and O–H groups in total. The lowest BCUT2D eigenvalue weighted by Gasteiger charge is -2.04. The molecule has 1 aromatic carbocycles. The number of hydrogen-bond donors (Lipinski definition) is 2. The summed E-state index contributed by atoms with van der Waals surface area (Å²) in [5.41, 5.74) is 1.95. The van der Waals surface area contributed by atoms with Crippen LogP contribution in [0.3, 0.4) is 0 Å². The van der Waals surface area contributed by atoms with Gasteiger partial charge in [0, 0.05) is 13.6 Å². The van der Waals surface area contributed by atoms with Gasteiger partial charge in [-0.25, -0.2) is 14.8 Å². The summed E-state index contributed by atoms with van der Waals surface area (Å²) in [6.45, 7) is 2.59. The third-order valence-corrected chi connectivity index (χ3v) is 5.42. The molecular weight excluding hydrogens is 364 g/mol. The van der Waals surface area contributed by atoms with Gasteiger partial charge in [-0.15, -0.1) is 0 Å². The molecule has 9 heteroatoms. The van der Waals surface area contributed by atoms with Crippen molar-refractivity contribution in [2.75, 3.05) is 0 Å². The molecule has 0 saturated heterocycles.